The van der Waals surface area contributed by atoms with E-state index in [1.165, 1.54) is 15.7 Å². The average Bonchev–Trinajstić information content (AvgIpc) is 2.26. The Labute approximate surface area is 110 Å². The molecule has 0 aliphatic carbocycles. The van der Waals surface area contributed by atoms with Gasteiger partial charge in [0.25, 0.3) is 10.2 Å². The number of ether oxygens (including phenoxy) is 1. The molecule has 0 aromatic rings. The number of nitrogens with zero attached hydrogens (tertiary/aromatic N) is 2. The van der Waals surface area contributed by atoms with Crippen molar-refractivity contribution < 1.29 is 18.3 Å². The minimum absolute atomic E-state index is 0.117. The third-order valence-corrected chi connectivity index (χ3v) is 5.43. The lowest BCUT2D eigenvalue weighted by Gasteiger charge is -2.40. The second-order valence-corrected chi connectivity index (χ2v) is 7.48. The monoisotopic (exact) mass is 280 g/mol. The Bertz CT molecular complexity index is 373. The first-order chi connectivity index (χ1) is 8.11. The van der Waals surface area contributed by atoms with Crippen molar-refractivity contribution in [3.8, 4) is 0 Å². The number of hydrogen-bond donors (Lipinski definition) is 1. The number of hydrogen-bond acceptors (Lipinski definition) is 4. The van der Waals surface area contributed by atoms with Crippen molar-refractivity contribution in [1.82, 2.24) is 8.61 Å². The molecule has 7 heteroatoms. The molecule has 0 saturated carbocycles. The highest BCUT2D eigenvalue weighted by molar-refractivity contribution is 7.86. The summed E-state index contributed by atoms with van der Waals surface area (Å²) in [5, 5.41) is 9.28. The Kier molecular flexibility index (Phi) is 4.77. The van der Waals surface area contributed by atoms with Gasteiger partial charge >= 0.3 is 0 Å². The Morgan fingerprint density at radius 3 is 2.17 bits per heavy atom. The van der Waals surface area contributed by atoms with Crippen LogP contribution >= 0.6 is 0 Å². The summed E-state index contributed by atoms with van der Waals surface area (Å²) in [7, 11) is -2.07. The van der Waals surface area contributed by atoms with E-state index in [0.29, 0.717) is 13.1 Å². The highest BCUT2D eigenvalue weighted by Crippen LogP contribution is 2.22. The van der Waals surface area contributed by atoms with Gasteiger partial charge in [-0.15, -0.1) is 0 Å². The zero-order valence-corrected chi connectivity index (χ0v) is 12.6. The fraction of sp³-hybridized carbons (Fsp3) is 1.00. The molecule has 0 spiro atoms. The van der Waals surface area contributed by atoms with Gasteiger partial charge in [-0.25, -0.2) is 0 Å². The highest BCUT2D eigenvalue weighted by Gasteiger charge is 2.39. The summed E-state index contributed by atoms with van der Waals surface area (Å²) in [6.07, 6.45) is -0.233. The first-order valence-corrected chi connectivity index (χ1v) is 7.51. The van der Waals surface area contributed by atoms with Gasteiger partial charge in [-0.05, 0) is 27.7 Å². The summed E-state index contributed by atoms with van der Waals surface area (Å²) < 4.78 is 33.1. The maximum absolute atomic E-state index is 12.5. The van der Waals surface area contributed by atoms with Gasteiger partial charge < -0.3 is 9.84 Å². The quantitative estimate of drug-likeness (QED) is 0.789. The van der Waals surface area contributed by atoms with Gasteiger partial charge in [-0.3, -0.25) is 0 Å². The molecule has 1 aliphatic heterocycles. The highest BCUT2D eigenvalue weighted by atomic mass is 32.2. The topological polar surface area (TPSA) is 70.1 Å². The third kappa shape index (κ3) is 3.21. The molecule has 18 heavy (non-hydrogen) atoms. The van der Waals surface area contributed by atoms with E-state index in [2.05, 4.69) is 0 Å². The number of likely N-dealkylation sites (N-methyl/N-ethyl adjacent to an activating group) is 1. The zero-order valence-electron chi connectivity index (χ0n) is 11.8. The molecular weight excluding hydrogens is 256 g/mol. The van der Waals surface area contributed by atoms with Crippen LogP contribution < -0.4 is 0 Å². The predicted molar refractivity (Wildman–Crippen MR) is 69.4 cm³/mol. The van der Waals surface area contributed by atoms with Gasteiger partial charge in [0, 0.05) is 20.1 Å². The molecule has 1 aliphatic rings. The van der Waals surface area contributed by atoms with Gasteiger partial charge in [-0.2, -0.15) is 17.0 Å². The number of aliphatic hydroxyl groups is 1. The Morgan fingerprint density at radius 1 is 1.33 bits per heavy atom. The van der Waals surface area contributed by atoms with Crippen molar-refractivity contribution in [2.24, 2.45) is 0 Å². The molecule has 6 nitrogen and oxygen atoms in total. The van der Waals surface area contributed by atoms with E-state index in [0.717, 1.165) is 0 Å². The fourth-order valence-electron chi connectivity index (χ4n) is 1.90. The van der Waals surface area contributed by atoms with Crippen LogP contribution in [0.2, 0.25) is 0 Å². The number of morpholine rings is 1. The molecule has 1 heterocycles. The summed E-state index contributed by atoms with van der Waals surface area (Å²) in [5.74, 6) is 0. The van der Waals surface area contributed by atoms with Crippen molar-refractivity contribution in [2.75, 3.05) is 26.7 Å². The van der Waals surface area contributed by atoms with Crippen molar-refractivity contribution >= 4 is 10.2 Å². The van der Waals surface area contributed by atoms with Crippen molar-refractivity contribution in [3.63, 3.8) is 0 Å². The molecule has 1 fully saturated rings. The van der Waals surface area contributed by atoms with Gasteiger partial charge in [0.1, 0.15) is 0 Å². The lowest BCUT2D eigenvalue weighted by Crippen LogP contribution is -2.57. The van der Waals surface area contributed by atoms with Gasteiger partial charge in [-0.1, -0.05) is 0 Å². The second-order valence-electron chi connectivity index (χ2n) is 5.52. The smallest absolute Gasteiger partial charge is 0.282 e. The number of rotatable bonds is 4. The maximum atomic E-state index is 12.5. The van der Waals surface area contributed by atoms with Gasteiger partial charge in [0.2, 0.25) is 0 Å². The molecule has 1 saturated heterocycles. The van der Waals surface area contributed by atoms with E-state index < -0.39 is 15.7 Å². The van der Waals surface area contributed by atoms with Gasteiger partial charge in [0.05, 0.1) is 24.4 Å². The minimum Gasteiger partial charge on any atom is -0.394 e. The SMILES string of the molecule is CC1CN(S(=O)(=O)N(C)C(C)(C)CO)CC(C)O1. The molecule has 0 aromatic heterocycles. The molecule has 2 unspecified atom stereocenters. The van der Waals surface area contributed by atoms with E-state index in [4.69, 9.17) is 4.74 Å². The molecule has 108 valence electrons. The minimum atomic E-state index is -3.57. The van der Waals surface area contributed by atoms with Crippen LogP contribution in [0.15, 0.2) is 0 Å². The maximum Gasteiger partial charge on any atom is 0.282 e. The average molecular weight is 280 g/mol. The predicted octanol–water partition coefficient (Wildman–Crippen LogP) is 0.0431. The first-order valence-electron chi connectivity index (χ1n) is 6.11. The Balaban J connectivity index is 2.92. The lowest BCUT2D eigenvalue weighted by molar-refractivity contribution is -0.0462. The first kappa shape index (κ1) is 15.8. The third-order valence-electron chi connectivity index (χ3n) is 3.30. The Hall–Kier alpha value is -0.210. The van der Waals surface area contributed by atoms with E-state index in [1.54, 1.807) is 13.8 Å². The molecular formula is C11H24N2O4S. The summed E-state index contributed by atoms with van der Waals surface area (Å²) in [6, 6.07) is 0. The largest absolute Gasteiger partial charge is 0.394 e. The van der Waals surface area contributed by atoms with Crippen LogP contribution in [0.3, 0.4) is 0 Å². The van der Waals surface area contributed by atoms with Crippen LogP contribution in [0.5, 0.6) is 0 Å². The Morgan fingerprint density at radius 2 is 1.78 bits per heavy atom. The van der Waals surface area contributed by atoms with E-state index >= 15 is 0 Å². The molecule has 0 radical (unpaired) electrons. The van der Waals surface area contributed by atoms with Crippen LogP contribution in [0.4, 0.5) is 0 Å². The molecule has 1 rings (SSSR count). The van der Waals surface area contributed by atoms with Crippen molar-refractivity contribution in [3.05, 3.63) is 0 Å². The lowest BCUT2D eigenvalue weighted by atomic mass is 10.1. The number of aliphatic hydroxyl groups excluding tert-OH is 1. The van der Waals surface area contributed by atoms with Gasteiger partial charge in [0.15, 0.2) is 0 Å². The fourth-order valence-corrected chi connectivity index (χ4v) is 3.73. The normalized spacial score (nSPS) is 27.7. The van der Waals surface area contributed by atoms with Crippen molar-refractivity contribution in [2.45, 2.75) is 45.4 Å². The second kappa shape index (κ2) is 5.42. The zero-order chi connectivity index (χ0) is 14.1. The van der Waals surface area contributed by atoms with E-state index in [1.807, 2.05) is 13.8 Å². The van der Waals surface area contributed by atoms with Crippen LogP contribution in [-0.4, -0.2) is 66.6 Å². The van der Waals surface area contributed by atoms with E-state index in [-0.39, 0.29) is 18.8 Å². The molecule has 1 N–H and O–H groups in total. The molecule has 0 aromatic carbocycles. The van der Waals surface area contributed by atoms with Crippen LogP contribution in [0, 0.1) is 0 Å². The van der Waals surface area contributed by atoms with Crippen LogP contribution in [0.25, 0.3) is 0 Å². The standard InChI is InChI=1S/C11H24N2O4S/c1-9-6-13(7-10(2)17-9)18(15,16)12(5)11(3,4)8-14/h9-10,14H,6-8H2,1-5H3. The van der Waals surface area contributed by atoms with Crippen LogP contribution in [0.1, 0.15) is 27.7 Å². The summed E-state index contributed by atoms with van der Waals surface area (Å²) in [5.41, 5.74) is -0.816. The summed E-state index contributed by atoms with van der Waals surface area (Å²) in [4.78, 5) is 0. The summed E-state index contributed by atoms with van der Waals surface area (Å²) >= 11 is 0. The molecule has 0 amide bonds. The van der Waals surface area contributed by atoms with Crippen molar-refractivity contribution in [1.29, 1.82) is 0 Å². The molecule has 0 bridgehead atoms. The van der Waals surface area contributed by atoms with Crippen LogP contribution in [-0.2, 0) is 14.9 Å². The molecule has 2 atom stereocenters. The van der Waals surface area contributed by atoms with E-state index in [9.17, 15) is 13.5 Å². The summed E-state index contributed by atoms with van der Waals surface area (Å²) in [6.45, 7) is 7.57.